The molecule has 0 spiro atoms. The number of aliphatic hydroxyl groups excluding tert-OH is 1. The molecule has 1 aromatic rings. The number of rotatable bonds is 2. The quantitative estimate of drug-likeness (QED) is 0.437. The number of nitrogens with one attached hydrogen (secondary N) is 2. The van der Waals surface area contributed by atoms with Gasteiger partial charge in [0.05, 0.1) is 12.9 Å². The van der Waals surface area contributed by atoms with Crippen LogP contribution in [0, 0.1) is 0 Å². The lowest BCUT2D eigenvalue weighted by molar-refractivity contribution is -0.0901. The van der Waals surface area contributed by atoms with E-state index in [1.165, 1.54) is 17.8 Å². The van der Waals surface area contributed by atoms with Gasteiger partial charge in [-0.3, -0.25) is 15.1 Å². The van der Waals surface area contributed by atoms with Crippen molar-refractivity contribution in [3.8, 4) is 0 Å². The highest BCUT2D eigenvalue weighted by Crippen LogP contribution is 2.42. The molecule has 116 valence electrons. The Morgan fingerprint density at radius 2 is 2.33 bits per heavy atom. The minimum atomic E-state index is -1.89. The number of fused-ring (bicyclic) bond motifs is 1. The summed E-state index contributed by atoms with van der Waals surface area (Å²) in [5.41, 5.74) is 3.79. The molecule has 9 nitrogen and oxygen atoms in total. The van der Waals surface area contributed by atoms with Crippen molar-refractivity contribution in [1.82, 2.24) is 14.9 Å². The van der Waals surface area contributed by atoms with E-state index in [0.29, 0.717) is 0 Å². The average molecular weight is 301 g/mol. The van der Waals surface area contributed by atoms with Crippen LogP contribution in [-0.2, 0) is 4.74 Å². The molecule has 1 saturated heterocycles. The third kappa shape index (κ3) is 1.99. The molecule has 1 aromatic heterocycles. The summed E-state index contributed by atoms with van der Waals surface area (Å²) in [7, 11) is 0. The smallest absolute Gasteiger partial charge is 0.276 e. The number of aliphatic hydroxyl groups is 2. The van der Waals surface area contributed by atoms with Crippen molar-refractivity contribution in [1.29, 1.82) is 0 Å². The summed E-state index contributed by atoms with van der Waals surface area (Å²) < 4.78 is 20.8. The number of aromatic nitrogens is 2. The molecule has 0 aliphatic carbocycles. The highest BCUT2D eigenvalue weighted by molar-refractivity contribution is 5.99. The highest BCUT2D eigenvalue weighted by Gasteiger charge is 2.55. The van der Waals surface area contributed by atoms with Crippen molar-refractivity contribution in [2.45, 2.75) is 37.3 Å². The van der Waals surface area contributed by atoms with Gasteiger partial charge < -0.3 is 25.6 Å². The van der Waals surface area contributed by atoms with Crippen molar-refractivity contribution in [2.75, 3.05) is 11.9 Å². The molecule has 0 saturated carbocycles. The van der Waals surface area contributed by atoms with Gasteiger partial charge in [-0.2, -0.15) is 0 Å². The van der Waals surface area contributed by atoms with Crippen molar-refractivity contribution in [3.05, 3.63) is 12.0 Å². The molecule has 5 atom stereocenters. The number of imidazole rings is 1. The molecular weight excluding hydrogens is 285 g/mol. The second kappa shape index (κ2) is 4.63. The van der Waals surface area contributed by atoms with Crippen LogP contribution >= 0.6 is 0 Å². The van der Waals surface area contributed by atoms with Gasteiger partial charge in [-0.15, -0.1) is 0 Å². The van der Waals surface area contributed by atoms with E-state index in [-0.39, 0.29) is 11.5 Å². The molecule has 2 aliphatic heterocycles. The maximum atomic E-state index is 14.1. The molecule has 1 amide bonds. The van der Waals surface area contributed by atoms with Crippen LogP contribution in [-0.4, -0.2) is 56.4 Å². The zero-order chi connectivity index (χ0) is 15.4. The van der Waals surface area contributed by atoms with Crippen LogP contribution in [0.1, 0.15) is 23.6 Å². The number of ether oxygens (including phenoxy) is 1. The summed E-state index contributed by atoms with van der Waals surface area (Å²) in [5, 5.41) is 24.6. The Morgan fingerprint density at radius 3 is 2.95 bits per heavy atom. The predicted octanol–water partition coefficient (Wildman–Crippen LogP) is -1.74. The van der Waals surface area contributed by atoms with Gasteiger partial charge in [-0.25, -0.2) is 9.37 Å². The fourth-order valence-electron chi connectivity index (χ4n) is 2.61. The van der Waals surface area contributed by atoms with E-state index in [9.17, 15) is 14.3 Å². The first-order valence-electron chi connectivity index (χ1n) is 6.39. The fraction of sp³-hybridized carbons (Fsp3) is 0.636. The normalized spacial score (nSPS) is 38.8. The Balaban J connectivity index is 2.01. The topological polar surface area (TPSA) is 135 Å². The number of nitrogens with zero attached hydrogens (tertiary/aromatic N) is 2. The second-order valence-electron chi connectivity index (χ2n) is 5.28. The summed E-state index contributed by atoms with van der Waals surface area (Å²) >= 11 is 0. The molecule has 1 fully saturated rings. The largest absolute Gasteiger partial charge is 0.394 e. The van der Waals surface area contributed by atoms with Gasteiger partial charge in [0, 0.05) is 0 Å². The monoisotopic (exact) mass is 301 g/mol. The Kier molecular flexibility index (Phi) is 3.13. The van der Waals surface area contributed by atoms with Crippen molar-refractivity contribution < 1.29 is 24.1 Å². The standard InChI is InChI=1S/C11H16FN5O4/c1-11(20)6(12)4(2-18)21-9(11)17-3-14-5-7(17)15-10(13)16-8(5)19/h3-4,6,9-10,15,18,20H,2,13H2,1H3,(H,16,19)/t4-,6-,9-,10?,11-/m1/s1. The van der Waals surface area contributed by atoms with Crippen LogP contribution in [0.25, 0.3) is 0 Å². The molecule has 10 heteroatoms. The molecule has 21 heavy (non-hydrogen) atoms. The van der Waals surface area contributed by atoms with Crippen molar-refractivity contribution >= 4 is 11.7 Å². The van der Waals surface area contributed by atoms with Gasteiger partial charge in [-0.05, 0) is 6.92 Å². The highest BCUT2D eigenvalue weighted by atomic mass is 19.1. The zero-order valence-corrected chi connectivity index (χ0v) is 11.2. The molecule has 0 aromatic carbocycles. The number of alkyl halides is 1. The van der Waals surface area contributed by atoms with E-state index in [4.69, 9.17) is 15.6 Å². The van der Waals surface area contributed by atoms with Crippen LogP contribution in [0.2, 0.25) is 0 Å². The number of carbonyl (C=O) groups is 1. The van der Waals surface area contributed by atoms with E-state index < -0.39 is 42.9 Å². The predicted molar refractivity (Wildman–Crippen MR) is 67.8 cm³/mol. The maximum absolute atomic E-state index is 14.1. The molecule has 1 unspecified atom stereocenters. The number of nitrogens with two attached hydrogens (primary N) is 1. The van der Waals surface area contributed by atoms with E-state index in [0.717, 1.165) is 0 Å². The summed E-state index contributed by atoms with van der Waals surface area (Å²) in [6.45, 7) is 0.686. The molecule has 0 bridgehead atoms. The third-order valence-electron chi connectivity index (χ3n) is 3.71. The number of halogens is 1. The summed E-state index contributed by atoms with van der Waals surface area (Å²) in [4.78, 5) is 15.7. The molecule has 3 rings (SSSR count). The lowest BCUT2D eigenvalue weighted by Gasteiger charge is -2.29. The van der Waals surface area contributed by atoms with E-state index in [1.807, 2.05) is 0 Å². The molecule has 6 N–H and O–H groups in total. The average Bonchev–Trinajstić information content (AvgIpc) is 2.91. The van der Waals surface area contributed by atoms with Crippen LogP contribution in [0.3, 0.4) is 0 Å². The van der Waals surface area contributed by atoms with Crippen LogP contribution in [0.15, 0.2) is 6.33 Å². The Bertz CT molecular complexity index is 577. The third-order valence-corrected chi connectivity index (χ3v) is 3.71. The fourth-order valence-corrected chi connectivity index (χ4v) is 2.61. The van der Waals surface area contributed by atoms with Gasteiger partial charge in [0.15, 0.2) is 24.4 Å². The minimum absolute atomic E-state index is 0.0685. The summed E-state index contributed by atoms with van der Waals surface area (Å²) in [5.74, 6) is -0.259. The first-order chi connectivity index (χ1) is 9.86. The maximum Gasteiger partial charge on any atom is 0.276 e. The molecule has 2 aliphatic rings. The Labute approximate surface area is 118 Å². The summed E-state index contributed by atoms with van der Waals surface area (Å²) in [6, 6.07) is 0. The number of anilines is 1. The molecule has 0 radical (unpaired) electrons. The van der Waals surface area contributed by atoms with E-state index in [1.54, 1.807) is 0 Å². The minimum Gasteiger partial charge on any atom is -0.394 e. The van der Waals surface area contributed by atoms with Gasteiger partial charge in [0.25, 0.3) is 5.91 Å². The van der Waals surface area contributed by atoms with E-state index >= 15 is 0 Å². The van der Waals surface area contributed by atoms with Gasteiger partial charge >= 0.3 is 0 Å². The number of hydrogen-bond donors (Lipinski definition) is 5. The first kappa shape index (κ1) is 14.2. The van der Waals surface area contributed by atoms with Gasteiger partial charge in [0.1, 0.15) is 17.5 Å². The number of amides is 1. The lowest BCUT2D eigenvalue weighted by atomic mass is 9.98. The van der Waals surface area contributed by atoms with Crippen LogP contribution in [0.5, 0.6) is 0 Å². The Hall–Kier alpha value is -1.75. The molecular formula is C11H16FN5O4. The van der Waals surface area contributed by atoms with Crippen molar-refractivity contribution in [3.63, 3.8) is 0 Å². The van der Waals surface area contributed by atoms with Crippen LogP contribution in [0.4, 0.5) is 10.2 Å². The lowest BCUT2D eigenvalue weighted by Crippen LogP contribution is -2.51. The zero-order valence-electron chi connectivity index (χ0n) is 11.2. The number of hydrogen-bond acceptors (Lipinski definition) is 7. The first-order valence-corrected chi connectivity index (χ1v) is 6.39. The second-order valence-corrected chi connectivity index (χ2v) is 5.28. The summed E-state index contributed by atoms with van der Waals surface area (Å²) in [6.07, 6.45) is -3.67. The van der Waals surface area contributed by atoms with Crippen molar-refractivity contribution in [2.24, 2.45) is 5.73 Å². The number of carbonyl (C=O) groups excluding carboxylic acids is 1. The van der Waals surface area contributed by atoms with E-state index in [2.05, 4.69) is 15.6 Å². The molecule has 3 heterocycles. The van der Waals surface area contributed by atoms with Gasteiger partial charge in [-0.1, -0.05) is 0 Å². The van der Waals surface area contributed by atoms with Gasteiger partial charge in [0.2, 0.25) is 0 Å². The Morgan fingerprint density at radius 1 is 1.62 bits per heavy atom. The van der Waals surface area contributed by atoms with Crippen LogP contribution < -0.4 is 16.4 Å². The SMILES string of the molecule is C[C@@]1(O)[C@H](F)[C@@H](CO)O[C@H]1n1cnc2c1NC(N)NC2=O.